The molecule has 0 aliphatic rings. The summed E-state index contributed by atoms with van der Waals surface area (Å²) in [6.45, 7) is 5.14. The van der Waals surface area contributed by atoms with Crippen molar-refractivity contribution in [2.45, 2.75) is 20.4 Å². The van der Waals surface area contributed by atoms with Gasteiger partial charge in [0.15, 0.2) is 5.11 Å². The van der Waals surface area contributed by atoms with Crippen molar-refractivity contribution >= 4 is 17.3 Å². The van der Waals surface area contributed by atoms with Gasteiger partial charge in [0, 0.05) is 24.7 Å². The quantitative estimate of drug-likeness (QED) is 0.812. The summed E-state index contributed by atoms with van der Waals surface area (Å²) in [7, 11) is 0. The van der Waals surface area contributed by atoms with Crippen LogP contribution in [0.5, 0.6) is 0 Å². The minimum Gasteiger partial charge on any atom is -0.362 e. The van der Waals surface area contributed by atoms with E-state index in [2.05, 4.69) is 24.5 Å². The minimum atomic E-state index is -0.577. The van der Waals surface area contributed by atoms with Crippen molar-refractivity contribution in [3.8, 4) is 0 Å². The van der Waals surface area contributed by atoms with Gasteiger partial charge in [0.05, 0.1) is 0 Å². The molecule has 0 atom stereocenters. The highest BCUT2D eigenvalue weighted by atomic mass is 32.1. The molecule has 0 unspecified atom stereocenters. The number of benzene rings is 1. The largest absolute Gasteiger partial charge is 0.362 e. The number of thiocarbonyl (C=S) groups is 1. The van der Waals surface area contributed by atoms with Crippen molar-refractivity contribution in [2.24, 2.45) is 5.92 Å². The molecule has 0 bridgehead atoms. The first-order valence-corrected chi connectivity index (χ1v) is 5.85. The van der Waals surface area contributed by atoms with E-state index < -0.39 is 11.6 Å². The average molecular weight is 258 g/mol. The lowest BCUT2D eigenvalue weighted by Gasteiger charge is -2.12. The molecule has 0 fully saturated rings. The summed E-state index contributed by atoms with van der Waals surface area (Å²) in [4.78, 5) is 0. The van der Waals surface area contributed by atoms with Crippen molar-refractivity contribution in [3.63, 3.8) is 0 Å². The van der Waals surface area contributed by atoms with Gasteiger partial charge in [-0.05, 0) is 24.2 Å². The van der Waals surface area contributed by atoms with Gasteiger partial charge >= 0.3 is 0 Å². The summed E-state index contributed by atoms with van der Waals surface area (Å²) in [5.41, 5.74) is 0.389. The highest BCUT2D eigenvalue weighted by molar-refractivity contribution is 7.80. The van der Waals surface area contributed by atoms with Crippen LogP contribution in [0.2, 0.25) is 0 Å². The van der Waals surface area contributed by atoms with Crippen LogP contribution in [0.25, 0.3) is 0 Å². The maximum atomic E-state index is 13.3. The third kappa shape index (κ3) is 5.08. The number of hydrogen-bond acceptors (Lipinski definition) is 1. The van der Waals surface area contributed by atoms with Gasteiger partial charge in [-0.2, -0.15) is 0 Å². The average Bonchev–Trinajstić information content (AvgIpc) is 2.25. The standard InChI is InChI=1S/C12H16F2N2S/c1-8(2)6-15-12(17)16-7-9-3-4-10(13)5-11(9)14/h3-5,8H,6-7H2,1-2H3,(H2,15,16,17). The molecule has 0 aliphatic carbocycles. The molecule has 0 saturated heterocycles. The van der Waals surface area contributed by atoms with E-state index in [4.69, 9.17) is 12.2 Å². The SMILES string of the molecule is CC(C)CNC(=S)NCc1ccc(F)cc1F. The number of hydrogen-bond donors (Lipinski definition) is 2. The van der Waals surface area contributed by atoms with Crippen molar-refractivity contribution < 1.29 is 8.78 Å². The Morgan fingerprint density at radius 3 is 2.59 bits per heavy atom. The summed E-state index contributed by atoms with van der Waals surface area (Å²) in [6, 6.07) is 3.50. The van der Waals surface area contributed by atoms with Crippen LogP contribution in [0.4, 0.5) is 8.78 Å². The number of halogens is 2. The maximum Gasteiger partial charge on any atom is 0.166 e. The number of rotatable bonds is 4. The van der Waals surface area contributed by atoms with Crippen LogP contribution in [0.15, 0.2) is 18.2 Å². The summed E-state index contributed by atoms with van der Waals surface area (Å²) >= 11 is 5.02. The third-order valence-electron chi connectivity index (χ3n) is 2.13. The highest BCUT2D eigenvalue weighted by Crippen LogP contribution is 2.08. The zero-order valence-corrected chi connectivity index (χ0v) is 10.7. The molecular formula is C12H16F2N2S. The van der Waals surface area contributed by atoms with E-state index in [1.165, 1.54) is 12.1 Å². The van der Waals surface area contributed by atoms with Gasteiger partial charge in [-0.25, -0.2) is 8.78 Å². The molecule has 1 rings (SSSR count). The Labute approximate surface area is 105 Å². The molecule has 1 aromatic carbocycles. The van der Waals surface area contributed by atoms with Gasteiger partial charge in [0.25, 0.3) is 0 Å². The van der Waals surface area contributed by atoms with E-state index >= 15 is 0 Å². The minimum absolute atomic E-state index is 0.246. The zero-order chi connectivity index (χ0) is 12.8. The lowest BCUT2D eigenvalue weighted by Crippen LogP contribution is -2.36. The molecule has 1 aromatic rings. The summed E-state index contributed by atoms with van der Waals surface area (Å²) in [5.74, 6) is -0.659. The van der Waals surface area contributed by atoms with E-state index in [9.17, 15) is 8.78 Å². The molecule has 0 saturated carbocycles. The van der Waals surface area contributed by atoms with Gasteiger partial charge in [-0.1, -0.05) is 19.9 Å². The molecule has 0 aromatic heterocycles. The van der Waals surface area contributed by atoms with Crippen molar-refractivity contribution in [2.75, 3.05) is 6.54 Å². The summed E-state index contributed by atoms with van der Waals surface area (Å²) < 4.78 is 25.9. The van der Waals surface area contributed by atoms with Crippen molar-refractivity contribution in [1.82, 2.24) is 10.6 Å². The second kappa shape index (κ2) is 6.49. The van der Waals surface area contributed by atoms with Gasteiger partial charge in [0.1, 0.15) is 11.6 Å². The Morgan fingerprint density at radius 2 is 2.00 bits per heavy atom. The molecule has 94 valence electrons. The van der Waals surface area contributed by atoms with E-state index in [0.29, 0.717) is 16.6 Å². The molecule has 17 heavy (non-hydrogen) atoms. The topological polar surface area (TPSA) is 24.1 Å². The molecular weight excluding hydrogens is 242 g/mol. The predicted molar refractivity (Wildman–Crippen MR) is 68.6 cm³/mol. The Kier molecular flexibility index (Phi) is 5.28. The van der Waals surface area contributed by atoms with E-state index in [-0.39, 0.29) is 6.54 Å². The van der Waals surface area contributed by atoms with Crippen molar-refractivity contribution in [3.05, 3.63) is 35.4 Å². The lowest BCUT2D eigenvalue weighted by molar-refractivity contribution is 0.568. The van der Waals surface area contributed by atoms with Gasteiger partial charge < -0.3 is 10.6 Å². The monoisotopic (exact) mass is 258 g/mol. The first kappa shape index (κ1) is 13.8. The van der Waals surface area contributed by atoms with Crippen LogP contribution in [-0.2, 0) is 6.54 Å². The van der Waals surface area contributed by atoms with Crippen LogP contribution in [-0.4, -0.2) is 11.7 Å². The Hall–Kier alpha value is -1.23. The summed E-state index contributed by atoms with van der Waals surface area (Å²) in [6.07, 6.45) is 0. The van der Waals surface area contributed by atoms with Crippen LogP contribution in [0.3, 0.4) is 0 Å². The fraction of sp³-hybridized carbons (Fsp3) is 0.417. The van der Waals surface area contributed by atoms with Crippen LogP contribution in [0, 0.1) is 17.6 Å². The van der Waals surface area contributed by atoms with E-state index in [1.54, 1.807) is 0 Å². The molecule has 2 N–H and O–H groups in total. The molecule has 2 nitrogen and oxygen atoms in total. The zero-order valence-electron chi connectivity index (χ0n) is 9.89. The summed E-state index contributed by atoms with van der Waals surface area (Å²) in [5, 5.41) is 6.35. The van der Waals surface area contributed by atoms with Crippen LogP contribution >= 0.6 is 12.2 Å². The first-order chi connectivity index (χ1) is 7.99. The highest BCUT2D eigenvalue weighted by Gasteiger charge is 2.04. The second-order valence-electron chi connectivity index (χ2n) is 4.19. The Bertz CT molecular complexity index is 394. The third-order valence-corrected chi connectivity index (χ3v) is 2.41. The molecule has 0 aliphatic heterocycles. The van der Waals surface area contributed by atoms with Gasteiger partial charge in [-0.3, -0.25) is 0 Å². The smallest absolute Gasteiger partial charge is 0.166 e. The Balaban J connectivity index is 2.42. The molecule has 0 amide bonds. The second-order valence-corrected chi connectivity index (χ2v) is 4.60. The fourth-order valence-corrected chi connectivity index (χ4v) is 1.36. The Morgan fingerprint density at radius 1 is 1.29 bits per heavy atom. The van der Waals surface area contributed by atoms with E-state index in [0.717, 1.165) is 12.6 Å². The molecule has 0 radical (unpaired) electrons. The molecule has 0 spiro atoms. The maximum absolute atomic E-state index is 13.3. The predicted octanol–water partition coefficient (Wildman–Crippen LogP) is 2.58. The normalized spacial score (nSPS) is 10.4. The molecule has 0 heterocycles. The van der Waals surface area contributed by atoms with Gasteiger partial charge in [-0.15, -0.1) is 0 Å². The van der Waals surface area contributed by atoms with Crippen LogP contribution in [0.1, 0.15) is 19.4 Å². The number of nitrogens with one attached hydrogen (secondary N) is 2. The van der Waals surface area contributed by atoms with Gasteiger partial charge in [0.2, 0.25) is 0 Å². The van der Waals surface area contributed by atoms with E-state index in [1.807, 2.05) is 0 Å². The van der Waals surface area contributed by atoms with Crippen molar-refractivity contribution in [1.29, 1.82) is 0 Å². The molecule has 5 heteroatoms. The van der Waals surface area contributed by atoms with Crippen LogP contribution < -0.4 is 10.6 Å². The lowest BCUT2D eigenvalue weighted by atomic mass is 10.2. The fourth-order valence-electron chi connectivity index (χ4n) is 1.20. The first-order valence-electron chi connectivity index (χ1n) is 5.44.